The zero-order valence-corrected chi connectivity index (χ0v) is 12.3. The highest BCUT2D eigenvalue weighted by Gasteiger charge is 2.20. The van der Waals surface area contributed by atoms with Crippen LogP contribution in [0.15, 0.2) is 24.3 Å². The lowest BCUT2D eigenvalue weighted by Gasteiger charge is -2.35. The average Bonchev–Trinajstić information content (AvgIpc) is 2.41. The fourth-order valence-electron chi connectivity index (χ4n) is 1.98. The summed E-state index contributed by atoms with van der Waals surface area (Å²) in [6.07, 6.45) is 0. The molecule has 0 atom stereocenters. The number of rotatable bonds is 1. The maximum absolute atomic E-state index is 11.3. The summed E-state index contributed by atoms with van der Waals surface area (Å²) in [6, 6.07) is 7.49. The average molecular weight is 298 g/mol. The molecule has 0 bridgehead atoms. The Balaban J connectivity index is 1.92. The van der Waals surface area contributed by atoms with Crippen molar-refractivity contribution in [2.45, 2.75) is 6.92 Å². The van der Waals surface area contributed by atoms with Crippen molar-refractivity contribution in [1.29, 1.82) is 0 Å². The Labute approximate surface area is 123 Å². The Morgan fingerprint density at radius 2 is 1.79 bits per heavy atom. The minimum absolute atomic E-state index is 0.115. The molecular formula is C13H16ClN3OS. The second-order valence-corrected chi connectivity index (χ2v) is 5.20. The Hall–Kier alpha value is -1.33. The standard InChI is InChI=1S/C13H16ClN3OS/c1-10(18)16-6-8-17(9-7-16)13(19)15-12-5-3-2-4-11(12)14/h2-5H,6-9H2,1H3,(H,15,19). The molecule has 0 spiro atoms. The smallest absolute Gasteiger partial charge is 0.219 e. The lowest BCUT2D eigenvalue weighted by atomic mass is 10.3. The van der Waals surface area contributed by atoms with Gasteiger partial charge in [0.1, 0.15) is 0 Å². The van der Waals surface area contributed by atoms with Gasteiger partial charge in [0.2, 0.25) is 5.91 Å². The lowest BCUT2D eigenvalue weighted by Crippen LogP contribution is -2.51. The molecule has 2 rings (SSSR count). The number of hydrogen-bond acceptors (Lipinski definition) is 2. The molecule has 0 saturated carbocycles. The van der Waals surface area contributed by atoms with E-state index >= 15 is 0 Å². The van der Waals surface area contributed by atoms with Crippen molar-refractivity contribution in [2.75, 3.05) is 31.5 Å². The van der Waals surface area contributed by atoms with Crippen LogP contribution in [0.5, 0.6) is 0 Å². The summed E-state index contributed by atoms with van der Waals surface area (Å²) in [5, 5.41) is 4.44. The van der Waals surface area contributed by atoms with E-state index in [1.807, 2.05) is 29.2 Å². The summed E-state index contributed by atoms with van der Waals surface area (Å²) in [6.45, 7) is 4.50. The largest absolute Gasteiger partial charge is 0.345 e. The molecule has 1 aromatic rings. The highest BCUT2D eigenvalue weighted by molar-refractivity contribution is 7.80. The van der Waals surface area contributed by atoms with Gasteiger partial charge in [0.15, 0.2) is 5.11 Å². The molecule has 4 nitrogen and oxygen atoms in total. The van der Waals surface area contributed by atoms with Gasteiger partial charge in [-0.05, 0) is 24.4 Å². The monoisotopic (exact) mass is 297 g/mol. The van der Waals surface area contributed by atoms with Gasteiger partial charge in [-0.3, -0.25) is 4.79 Å². The fraction of sp³-hybridized carbons (Fsp3) is 0.385. The van der Waals surface area contributed by atoms with Crippen molar-refractivity contribution < 1.29 is 4.79 Å². The highest BCUT2D eigenvalue weighted by Crippen LogP contribution is 2.21. The van der Waals surface area contributed by atoms with Gasteiger partial charge in [-0.15, -0.1) is 0 Å². The molecule has 1 amide bonds. The molecule has 0 unspecified atom stereocenters. The van der Waals surface area contributed by atoms with E-state index in [1.165, 1.54) is 0 Å². The molecule has 1 heterocycles. The van der Waals surface area contributed by atoms with Crippen LogP contribution in [-0.2, 0) is 4.79 Å². The summed E-state index contributed by atoms with van der Waals surface area (Å²) in [7, 11) is 0. The van der Waals surface area contributed by atoms with Gasteiger partial charge in [-0.2, -0.15) is 0 Å². The Morgan fingerprint density at radius 3 is 2.37 bits per heavy atom. The number of nitrogens with zero attached hydrogens (tertiary/aromatic N) is 2. The molecule has 102 valence electrons. The number of para-hydroxylation sites is 1. The lowest BCUT2D eigenvalue weighted by molar-refractivity contribution is -0.130. The van der Waals surface area contributed by atoms with Crippen LogP contribution in [-0.4, -0.2) is 47.0 Å². The van der Waals surface area contributed by atoms with Crippen LogP contribution in [0.1, 0.15) is 6.92 Å². The first-order chi connectivity index (χ1) is 9.08. The molecule has 6 heteroatoms. The first-order valence-electron chi connectivity index (χ1n) is 6.14. The molecule has 1 aliphatic rings. The Bertz CT molecular complexity index is 487. The van der Waals surface area contributed by atoms with Crippen molar-refractivity contribution in [3.63, 3.8) is 0 Å². The van der Waals surface area contributed by atoms with E-state index in [1.54, 1.807) is 6.92 Å². The summed E-state index contributed by atoms with van der Waals surface area (Å²) in [5.74, 6) is 0.115. The van der Waals surface area contributed by atoms with Crippen molar-refractivity contribution in [2.24, 2.45) is 0 Å². The van der Waals surface area contributed by atoms with E-state index in [0.29, 0.717) is 23.2 Å². The number of thiocarbonyl (C=S) groups is 1. The summed E-state index contributed by atoms with van der Waals surface area (Å²) < 4.78 is 0. The van der Waals surface area contributed by atoms with Gasteiger partial charge < -0.3 is 15.1 Å². The van der Waals surface area contributed by atoms with Crippen LogP contribution in [0, 0.1) is 0 Å². The van der Waals surface area contributed by atoms with Crippen molar-refractivity contribution in [1.82, 2.24) is 9.80 Å². The number of hydrogen-bond donors (Lipinski definition) is 1. The van der Waals surface area contributed by atoms with Crippen LogP contribution >= 0.6 is 23.8 Å². The van der Waals surface area contributed by atoms with Crippen LogP contribution in [0.3, 0.4) is 0 Å². The van der Waals surface area contributed by atoms with Gasteiger partial charge in [0.25, 0.3) is 0 Å². The van der Waals surface area contributed by atoms with Crippen LogP contribution in [0.2, 0.25) is 5.02 Å². The SMILES string of the molecule is CC(=O)N1CCN(C(=S)Nc2ccccc2Cl)CC1. The van der Waals surface area contributed by atoms with Crippen LogP contribution in [0.4, 0.5) is 5.69 Å². The fourth-order valence-corrected chi connectivity index (χ4v) is 2.46. The van der Waals surface area contributed by atoms with Gasteiger partial charge in [-0.25, -0.2) is 0 Å². The number of nitrogens with one attached hydrogen (secondary N) is 1. The third-order valence-corrected chi connectivity index (χ3v) is 3.82. The number of halogens is 1. The van der Waals surface area contributed by atoms with E-state index in [0.717, 1.165) is 18.8 Å². The molecule has 0 aromatic heterocycles. The quantitative estimate of drug-likeness (QED) is 0.806. The second-order valence-electron chi connectivity index (χ2n) is 4.40. The number of carbonyl (C=O) groups is 1. The van der Waals surface area contributed by atoms with E-state index < -0.39 is 0 Å². The zero-order valence-electron chi connectivity index (χ0n) is 10.7. The summed E-state index contributed by atoms with van der Waals surface area (Å²) in [4.78, 5) is 15.1. The van der Waals surface area contributed by atoms with Gasteiger partial charge in [0, 0.05) is 33.1 Å². The van der Waals surface area contributed by atoms with Crippen LogP contribution in [0.25, 0.3) is 0 Å². The highest BCUT2D eigenvalue weighted by atomic mass is 35.5. The summed E-state index contributed by atoms with van der Waals surface area (Å²) in [5.41, 5.74) is 0.808. The third kappa shape index (κ3) is 3.58. The Kier molecular flexibility index (Phi) is 4.61. The maximum atomic E-state index is 11.3. The minimum Gasteiger partial charge on any atom is -0.345 e. The molecule has 1 aromatic carbocycles. The van der Waals surface area contributed by atoms with Gasteiger partial charge in [0.05, 0.1) is 10.7 Å². The maximum Gasteiger partial charge on any atom is 0.219 e. The minimum atomic E-state index is 0.115. The number of benzene rings is 1. The molecule has 1 N–H and O–H groups in total. The Morgan fingerprint density at radius 1 is 1.21 bits per heavy atom. The van der Waals surface area contributed by atoms with E-state index in [9.17, 15) is 4.79 Å². The second kappa shape index (κ2) is 6.21. The number of anilines is 1. The van der Waals surface area contributed by atoms with Crippen LogP contribution < -0.4 is 5.32 Å². The normalized spacial score (nSPS) is 15.3. The van der Waals surface area contributed by atoms with E-state index in [2.05, 4.69) is 10.2 Å². The molecule has 19 heavy (non-hydrogen) atoms. The van der Waals surface area contributed by atoms with E-state index in [4.69, 9.17) is 23.8 Å². The number of carbonyl (C=O) groups excluding carboxylic acids is 1. The van der Waals surface area contributed by atoms with Crippen molar-refractivity contribution >= 4 is 40.5 Å². The molecule has 0 radical (unpaired) electrons. The van der Waals surface area contributed by atoms with Crippen molar-refractivity contribution in [3.05, 3.63) is 29.3 Å². The first-order valence-corrected chi connectivity index (χ1v) is 6.92. The van der Waals surface area contributed by atoms with Gasteiger partial charge in [-0.1, -0.05) is 23.7 Å². The molecular weight excluding hydrogens is 282 g/mol. The zero-order chi connectivity index (χ0) is 13.8. The van der Waals surface area contributed by atoms with Gasteiger partial charge >= 0.3 is 0 Å². The summed E-state index contributed by atoms with van der Waals surface area (Å²) >= 11 is 11.5. The molecule has 1 saturated heterocycles. The number of piperazine rings is 1. The predicted molar refractivity (Wildman–Crippen MR) is 81.5 cm³/mol. The predicted octanol–water partition coefficient (Wildman–Crippen LogP) is 2.20. The first kappa shape index (κ1) is 14.1. The third-order valence-electron chi connectivity index (χ3n) is 3.13. The number of amides is 1. The topological polar surface area (TPSA) is 35.6 Å². The molecule has 1 fully saturated rings. The molecule has 0 aliphatic carbocycles. The van der Waals surface area contributed by atoms with E-state index in [-0.39, 0.29) is 5.91 Å². The molecule has 1 aliphatic heterocycles. The van der Waals surface area contributed by atoms with Crippen molar-refractivity contribution in [3.8, 4) is 0 Å².